The molecule has 3 aromatic carbocycles. The van der Waals surface area contributed by atoms with Gasteiger partial charge in [-0.05, 0) is 48.0 Å². The number of carbonyl (C=O) groups excluding carboxylic acids is 2. The van der Waals surface area contributed by atoms with E-state index in [9.17, 15) is 9.59 Å². The highest BCUT2D eigenvalue weighted by atomic mass is 79.9. The first-order chi connectivity index (χ1) is 13.5. The van der Waals surface area contributed by atoms with Crippen molar-refractivity contribution in [3.63, 3.8) is 0 Å². The van der Waals surface area contributed by atoms with Crippen LogP contribution in [0.3, 0.4) is 0 Å². The maximum atomic E-state index is 12.2. The van der Waals surface area contributed by atoms with Gasteiger partial charge in [-0.25, -0.2) is 4.79 Å². The highest BCUT2D eigenvalue weighted by molar-refractivity contribution is 9.10. The molecule has 0 aliphatic carbocycles. The van der Waals surface area contributed by atoms with Crippen LogP contribution in [-0.2, 0) is 6.54 Å². The summed E-state index contributed by atoms with van der Waals surface area (Å²) in [6.07, 6.45) is 0. The number of amides is 3. The Balaban J connectivity index is 1.62. The molecular formula is C21H19BrN4O2. The van der Waals surface area contributed by atoms with Crippen LogP contribution < -0.4 is 21.7 Å². The van der Waals surface area contributed by atoms with Gasteiger partial charge in [0.1, 0.15) is 0 Å². The first-order valence-corrected chi connectivity index (χ1v) is 9.36. The molecule has 0 heterocycles. The van der Waals surface area contributed by atoms with Gasteiger partial charge in [0.2, 0.25) is 0 Å². The molecule has 0 unspecified atom stereocenters. The highest BCUT2D eigenvalue weighted by Crippen LogP contribution is 2.18. The summed E-state index contributed by atoms with van der Waals surface area (Å²) >= 11 is 3.37. The molecule has 5 N–H and O–H groups in total. The summed E-state index contributed by atoms with van der Waals surface area (Å²) in [7, 11) is 0. The first-order valence-electron chi connectivity index (χ1n) is 8.56. The largest absolute Gasteiger partial charge is 0.380 e. The number of hydrogen-bond acceptors (Lipinski definition) is 3. The summed E-state index contributed by atoms with van der Waals surface area (Å²) in [6, 6.07) is 21.5. The number of urea groups is 1. The molecule has 0 aliphatic heterocycles. The third-order valence-electron chi connectivity index (χ3n) is 3.94. The van der Waals surface area contributed by atoms with Gasteiger partial charge in [-0.15, -0.1) is 0 Å². The van der Waals surface area contributed by atoms with Crippen LogP contribution in [0.4, 0.5) is 21.9 Å². The SMILES string of the molecule is NC(=O)c1ccccc1NCc1cccc(NC(=O)Nc2cccc(Br)c2)c1. The quantitative estimate of drug-likeness (QED) is 0.444. The molecular weight excluding hydrogens is 420 g/mol. The molecule has 0 aliphatic rings. The number of halogens is 1. The second-order valence-electron chi connectivity index (χ2n) is 6.05. The van der Waals surface area contributed by atoms with Crippen LogP contribution in [0.15, 0.2) is 77.3 Å². The Labute approximate surface area is 171 Å². The summed E-state index contributed by atoms with van der Waals surface area (Å²) < 4.78 is 0.884. The molecule has 28 heavy (non-hydrogen) atoms. The second kappa shape index (κ2) is 9.05. The van der Waals surface area contributed by atoms with Crippen molar-refractivity contribution < 1.29 is 9.59 Å². The minimum atomic E-state index is -0.484. The van der Waals surface area contributed by atoms with E-state index in [4.69, 9.17) is 5.73 Å². The van der Waals surface area contributed by atoms with Crippen LogP contribution in [0.5, 0.6) is 0 Å². The van der Waals surface area contributed by atoms with Gasteiger partial charge < -0.3 is 21.7 Å². The van der Waals surface area contributed by atoms with Crippen LogP contribution in [0.25, 0.3) is 0 Å². The Hall–Kier alpha value is -3.32. The predicted octanol–water partition coefficient (Wildman–Crippen LogP) is 4.80. The molecule has 0 saturated carbocycles. The number of para-hydroxylation sites is 1. The summed E-state index contributed by atoms with van der Waals surface area (Å²) in [6.45, 7) is 0.479. The monoisotopic (exact) mass is 438 g/mol. The Morgan fingerprint density at radius 3 is 2.25 bits per heavy atom. The molecule has 0 atom stereocenters. The van der Waals surface area contributed by atoms with E-state index in [0.29, 0.717) is 29.2 Å². The zero-order chi connectivity index (χ0) is 19.9. The molecule has 3 aromatic rings. The van der Waals surface area contributed by atoms with Crippen molar-refractivity contribution in [1.29, 1.82) is 0 Å². The summed E-state index contributed by atoms with van der Waals surface area (Å²) in [5.41, 5.74) is 8.80. The van der Waals surface area contributed by atoms with Crippen molar-refractivity contribution in [1.82, 2.24) is 0 Å². The molecule has 6 nitrogen and oxygen atoms in total. The minimum Gasteiger partial charge on any atom is -0.380 e. The lowest BCUT2D eigenvalue weighted by Crippen LogP contribution is -2.19. The molecule has 0 saturated heterocycles. The summed E-state index contributed by atoms with van der Waals surface area (Å²) in [5.74, 6) is -0.484. The molecule has 3 amide bonds. The Kier molecular flexibility index (Phi) is 6.29. The van der Waals surface area contributed by atoms with Crippen LogP contribution in [-0.4, -0.2) is 11.9 Å². The molecule has 0 radical (unpaired) electrons. The van der Waals surface area contributed by atoms with Crippen LogP contribution in [0.1, 0.15) is 15.9 Å². The number of nitrogens with two attached hydrogens (primary N) is 1. The van der Waals surface area contributed by atoms with E-state index in [1.807, 2.05) is 42.5 Å². The van der Waals surface area contributed by atoms with E-state index >= 15 is 0 Å². The fraction of sp³-hybridized carbons (Fsp3) is 0.0476. The van der Waals surface area contributed by atoms with Crippen LogP contribution in [0, 0.1) is 0 Å². The van der Waals surface area contributed by atoms with E-state index < -0.39 is 5.91 Å². The van der Waals surface area contributed by atoms with Gasteiger partial charge in [0.15, 0.2) is 0 Å². The fourth-order valence-corrected chi connectivity index (χ4v) is 3.07. The van der Waals surface area contributed by atoms with Gasteiger partial charge in [-0.1, -0.05) is 46.3 Å². The minimum absolute atomic E-state index is 0.331. The van der Waals surface area contributed by atoms with Gasteiger partial charge in [-0.2, -0.15) is 0 Å². The molecule has 3 rings (SSSR count). The topological polar surface area (TPSA) is 96.2 Å². The fourth-order valence-electron chi connectivity index (χ4n) is 2.67. The van der Waals surface area contributed by atoms with Crippen molar-refractivity contribution >= 4 is 44.9 Å². The molecule has 0 bridgehead atoms. The molecule has 142 valence electrons. The lowest BCUT2D eigenvalue weighted by molar-refractivity contribution is 0.100. The molecule has 0 fully saturated rings. The zero-order valence-electron chi connectivity index (χ0n) is 14.9. The number of primary amides is 1. The third-order valence-corrected chi connectivity index (χ3v) is 4.44. The van der Waals surface area contributed by atoms with Gasteiger partial charge in [0, 0.05) is 28.1 Å². The number of nitrogens with one attached hydrogen (secondary N) is 3. The number of anilines is 3. The van der Waals surface area contributed by atoms with E-state index in [2.05, 4.69) is 31.9 Å². The Morgan fingerprint density at radius 1 is 0.857 bits per heavy atom. The van der Waals surface area contributed by atoms with Crippen molar-refractivity contribution in [3.8, 4) is 0 Å². The summed E-state index contributed by atoms with van der Waals surface area (Å²) in [5, 5.41) is 8.80. The average molecular weight is 439 g/mol. The van der Waals surface area contributed by atoms with E-state index in [1.54, 1.807) is 30.3 Å². The second-order valence-corrected chi connectivity index (χ2v) is 6.97. The molecule has 0 aromatic heterocycles. The van der Waals surface area contributed by atoms with Gasteiger partial charge in [-0.3, -0.25) is 4.79 Å². The zero-order valence-corrected chi connectivity index (χ0v) is 16.5. The van der Waals surface area contributed by atoms with Crippen LogP contribution in [0.2, 0.25) is 0 Å². The number of rotatable bonds is 6. The maximum Gasteiger partial charge on any atom is 0.323 e. The van der Waals surface area contributed by atoms with E-state index in [-0.39, 0.29) is 6.03 Å². The van der Waals surface area contributed by atoms with Crippen molar-refractivity contribution in [2.45, 2.75) is 6.54 Å². The highest BCUT2D eigenvalue weighted by Gasteiger charge is 2.07. The lowest BCUT2D eigenvalue weighted by Gasteiger charge is -2.12. The third kappa shape index (κ3) is 5.34. The lowest BCUT2D eigenvalue weighted by atomic mass is 10.1. The Morgan fingerprint density at radius 2 is 1.54 bits per heavy atom. The number of carbonyl (C=O) groups is 2. The van der Waals surface area contributed by atoms with Gasteiger partial charge in [0.05, 0.1) is 5.56 Å². The van der Waals surface area contributed by atoms with Gasteiger partial charge in [0.25, 0.3) is 5.91 Å². The van der Waals surface area contributed by atoms with Crippen molar-refractivity contribution in [2.24, 2.45) is 5.73 Å². The van der Waals surface area contributed by atoms with Crippen molar-refractivity contribution in [3.05, 3.63) is 88.4 Å². The number of hydrogen-bond donors (Lipinski definition) is 4. The average Bonchev–Trinajstić information content (AvgIpc) is 2.66. The first kappa shape index (κ1) is 19.4. The van der Waals surface area contributed by atoms with Gasteiger partial charge >= 0.3 is 6.03 Å². The molecule has 0 spiro atoms. The summed E-state index contributed by atoms with van der Waals surface area (Å²) in [4.78, 5) is 23.7. The Bertz CT molecular complexity index is 1010. The smallest absolute Gasteiger partial charge is 0.323 e. The van der Waals surface area contributed by atoms with Crippen LogP contribution >= 0.6 is 15.9 Å². The van der Waals surface area contributed by atoms with E-state index in [0.717, 1.165) is 10.0 Å². The predicted molar refractivity (Wildman–Crippen MR) is 116 cm³/mol. The maximum absolute atomic E-state index is 12.2. The number of benzene rings is 3. The van der Waals surface area contributed by atoms with Crippen molar-refractivity contribution in [2.75, 3.05) is 16.0 Å². The normalized spacial score (nSPS) is 10.2. The molecule has 7 heteroatoms. The standard InChI is InChI=1S/C21H19BrN4O2/c22-15-6-4-8-17(12-15)26-21(28)25-16-7-3-5-14(11-16)13-24-19-10-2-1-9-18(19)20(23)27/h1-12,24H,13H2,(H2,23,27)(H2,25,26,28). The van der Waals surface area contributed by atoms with E-state index in [1.165, 1.54) is 0 Å².